The Morgan fingerprint density at radius 1 is 1.11 bits per heavy atom. The van der Waals surface area contributed by atoms with Gasteiger partial charge in [0, 0.05) is 5.56 Å². The maximum absolute atomic E-state index is 13.0. The Labute approximate surface area is 165 Å². The van der Waals surface area contributed by atoms with Crippen molar-refractivity contribution in [3.63, 3.8) is 0 Å². The highest BCUT2D eigenvalue weighted by Crippen LogP contribution is 2.34. The van der Waals surface area contributed by atoms with Crippen molar-refractivity contribution >= 4 is 23.3 Å². The summed E-state index contributed by atoms with van der Waals surface area (Å²) in [6.45, 7) is 6.81. The van der Waals surface area contributed by atoms with Crippen LogP contribution in [0.3, 0.4) is 0 Å². The number of nitrogens with zero attached hydrogens (tertiary/aromatic N) is 1. The Morgan fingerprint density at radius 2 is 1.75 bits per heavy atom. The van der Waals surface area contributed by atoms with Gasteiger partial charge in [0.05, 0.1) is 31.3 Å². The minimum absolute atomic E-state index is 0.0227. The SMILES string of the molecule is COC(=O)C1=C(O)c2ccccc2N(Cc2ccc(C(C)(C)C)cc2)C(=O)C1. The van der Waals surface area contributed by atoms with E-state index in [2.05, 4.69) is 32.9 Å². The zero-order valence-electron chi connectivity index (χ0n) is 16.7. The molecule has 2 aromatic carbocycles. The molecule has 5 nitrogen and oxygen atoms in total. The van der Waals surface area contributed by atoms with Gasteiger partial charge in [0.2, 0.25) is 5.91 Å². The summed E-state index contributed by atoms with van der Waals surface area (Å²) in [7, 11) is 1.23. The largest absolute Gasteiger partial charge is 0.507 e. The summed E-state index contributed by atoms with van der Waals surface area (Å²) in [5, 5.41) is 10.6. The molecule has 1 N–H and O–H groups in total. The normalized spacial score (nSPS) is 14.6. The molecule has 0 atom stereocenters. The molecule has 0 aliphatic carbocycles. The first kappa shape index (κ1) is 19.7. The first-order chi connectivity index (χ1) is 13.2. The predicted molar refractivity (Wildman–Crippen MR) is 109 cm³/mol. The monoisotopic (exact) mass is 379 g/mol. The van der Waals surface area contributed by atoms with Crippen molar-refractivity contribution in [2.24, 2.45) is 0 Å². The van der Waals surface area contributed by atoms with Gasteiger partial charge in [-0.2, -0.15) is 0 Å². The van der Waals surface area contributed by atoms with Gasteiger partial charge in [0.25, 0.3) is 0 Å². The van der Waals surface area contributed by atoms with Gasteiger partial charge in [-0.15, -0.1) is 0 Å². The number of anilines is 1. The fourth-order valence-corrected chi connectivity index (χ4v) is 3.29. The number of amides is 1. The number of methoxy groups -OCH3 is 1. The second-order valence-electron chi connectivity index (χ2n) is 7.94. The van der Waals surface area contributed by atoms with Crippen LogP contribution in [0, 0.1) is 0 Å². The highest BCUT2D eigenvalue weighted by molar-refractivity contribution is 6.09. The van der Waals surface area contributed by atoms with Crippen LogP contribution in [-0.4, -0.2) is 24.1 Å². The molecule has 0 saturated heterocycles. The Kier molecular flexibility index (Phi) is 5.27. The molecule has 3 rings (SSSR count). The van der Waals surface area contributed by atoms with Crippen molar-refractivity contribution in [1.82, 2.24) is 0 Å². The maximum Gasteiger partial charge on any atom is 0.338 e. The van der Waals surface area contributed by atoms with E-state index in [0.717, 1.165) is 5.56 Å². The van der Waals surface area contributed by atoms with E-state index in [9.17, 15) is 14.7 Å². The molecule has 2 aromatic rings. The molecule has 0 bridgehead atoms. The van der Waals surface area contributed by atoms with Gasteiger partial charge in [-0.3, -0.25) is 4.79 Å². The molecule has 1 amide bonds. The molecular weight excluding hydrogens is 354 g/mol. The lowest BCUT2D eigenvalue weighted by atomic mass is 9.87. The number of para-hydroxylation sites is 1. The van der Waals surface area contributed by atoms with Crippen LogP contribution in [0.15, 0.2) is 54.1 Å². The van der Waals surface area contributed by atoms with Crippen molar-refractivity contribution in [2.75, 3.05) is 12.0 Å². The van der Waals surface area contributed by atoms with Gasteiger partial charge in [0.1, 0.15) is 5.76 Å². The molecule has 0 saturated carbocycles. The lowest BCUT2D eigenvalue weighted by molar-refractivity contribution is -0.137. The fraction of sp³-hybridized carbons (Fsp3) is 0.304. The summed E-state index contributed by atoms with van der Waals surface area (Å²) in [5.74, 6) is -1.17. The van der Waals surface area contributed by atoms with E-state index in [1.165, 1.54) is 12.7 Å². The van der Waals surface area contributed by atoms with Crippen LogP contribution >= 0.6 is 0 Å². The molecular formula is C23H25NO4. The number of carbonyl (C=O) groups excluding carboxylic acids is 2. The zero-order valence-corrected chi connectivity index (χ0v) is 16.7. The van der Waals surface area contributed by atoms with Crippen molar-refractivity contribution in [2.45, 2.75) is 39.2 Å². The second kappa shape index (κ2) is 7.50. The third kappa shape index (κ3) is 3.79. The van der Waals surface area contributed by atoms with Gasteiger partial charge >= 0.3 is 5.97 Å². The van der Waals surface area contributed by atoms with E-state index < -0.39 is 5.97 Å². The minimum atomic E-state index is -0.697. The minimum Gasteiger partial charge on any atom is -0.507 e. The summed E-state index contributed by atoms with van der Waals surface area (Å²) >= 11 is 0. The highest BCUT2D eigenvalue weighted by Gasteiger charge is 2.31. The molecule has 0 unspecified atom stereocenters. The van der Waals surface area contributed by atoms with Crippen LogP contribution in [0.25, 0.3) is 5.76 Å². The topological polar surface area (TPSA) is 66.8 Å². The molecule has 146 valence electrons. The molecule has 1 aliphatic rings. The van der Waals surface area contributed by atoms with Crippen molar-refractivity contribution in [1.29, 1.82) is 0 Å². The maximum atomic E-state index is 13.0. The number of esters is 1. The smallest absolute Gasteiger partial charge is 0.338 e. The van der Waals surface area contributed by atoms with Gasteiger partial charge in [-0.1, -0.05) is 57.2 Å². The van der Waals surface area contributed by atoms with Crippen LogP contribution < -0.4 is 4.90 Å². The van der Waals surface area contributed by atoms with Crippen LogP contribution in [-0.2, 0) is 26.3 Å². The number of fused-ring (bicyclic) bond motifs is 1. The average Bonchev–Trinajstić information content (AvgIpc) is 2.78. The second-order valence-corrected chi connectivity index (χ2v) is 7.94. The lowest BCUT2D eigenvalue weighted by Gasteiger charge is -2.24. The number of aliphatic hydroxyl groups is 1. The molecule has 1 heterocycles. The van der Waals surface area contributed by atoms with Crippen LogP contribution in [0.2, 0.25) is 0 Å². The lowest BCUT2D eigenvalue weighted by Crippen LogP contribution is -2.30. The Hall–Kier alpha value is -3.08. The van der Waals surface area contributed by atoms with E-state index in [1.807, 2.05) is 12.1 Å². The molecule has 0 aromatic heterocycles. The van der Waals surface area contributed by atoms with Crippen LogP contribution in [0.5, 0.6) is 0 Å². The Bertz CT molecular complexity index is 936. The Balaban J connectivity index is 1.98. The number of aliphatic hydroxyl groups excluding tert-OH is 1. The number of ether oxygens (including phenoxy) is 1. The van der Waals surface area contributed by atoms with Crippen molar-refractivity contribution in [3.8, 4) is 0 Å². The molecule has 1 aliphatic heterocycles. The zero-order chi connectivity index (χ0) is 20.5. The van der Waals surface area contributed by atoms with E-state index in [-0.39, 0.29) is 29.1 Å². The summed E-state index contributed by atoms with van der Waals surface area (Å²) in [6, 6.07) is 15.2. The summed E-state index contributed by atoms with van der Waals surface area (Å²) < 4.78 is 4.75. The number of hydrogen-bond donors (Lipinski definition) is 1. The summed E-state index contributed by atoms with van der Waals surface area (Å²) in [5.41, 5.74) is 3.23. The summed E-state index contributed by atoms with van der Waals surface area (Å²) in [6.07, 6.45) is -0.215. The summed E-state index contributed by atoms with van der Waals surface area (Å²) in [4.78, 5) is 26.6. The third-order valence-electron chi connectivity index (χ3n) is 4.96. The third-order valence-corrected chi connectivity index (χ3v) is 4.96. The van der Waals surface area contributed by atoms with E-state index in [1.54, 1.807) is 29.2 Å². The van der Waals surface area contributed by atoms with Gasteiger partial charge < -0.3 is 14.7 Å². The number of rotatable bonds is 3. The van der Waals surface area contributed by atoms with Crippen LogP contribution in [0.4, 0.5) is 5.69 Å². The highest BCUT2D eigenvalue weighted by atomic mass is 16.5. The quantitative estimate of drug-likeness (QED) is 0.805. The number of carbonyl (C=O) groups is 2. The van der Waals surface area contributed by atoms with E-state index in [0.29, 0.717) is 17.8 Å². The van der Waals surface area contributed by atoms with Crippen LogP contribution in [0.1, 0.15) is 43.9 Å². The average molecular weight is 379 g/mol. The van der Waals surface area contributed by atoms with Crippen molar-refractivity contribution in [3.05, 3.63) is 70.8 Å². The first-order valence-electron chi connectivity index (χ1n) is 9.22. The Morgan fingerprint density at radius 3 is 2.36 bits per heavy atom. The molecule has 28 heavy (non-hydrogen) atoms. The first-order valence-corrected chi connectivity index (χ1v) is 9.22. The molecule has 0 radical (unpaired) electrons. The number of benzene rings is 2. The molecule has 5 heteroatoms. The fourth-order valence-electron chi connectivity index (χ4n) is 3.29. The van der Waals surface area contributed by atoms with Crippen molar-refractivity contribution < 1.29 is 19.4 Å². The predicted octanol–water partition coefficient (Wildman–Crippen LogP) is 4.36. The van der Waals surface area contributed by atoms with Gasteiger partial charge in [-0.25, -0.2) is 4.79 Å². The van der Waals surface area contributed by atoms with E-state index >= 15 is 0 Å². The molecule has 0 spiro atoms. The standard InChI is InChI=1S/C23H25NO4/c1-23(2,3)16-11-9-15(10-12-16)14-24-19-8-6-5-7-17(19)21(26)18(13-20(24)25)22(27)28-4/h5-12,26H,13-14H2,1-4H3. The molecule has 0 fully saturated rings. The van der Waals surface area contributed by atoms with Gasteiger partial charge in [-0.05, 0) is 28.7 Å². The number of hydrogen-bond acceptors (Lipinski definition) is 4. The van der Waals surface area contributed by atoms with E-state index in [4.69, 9.17) is 4.74 Å². The van der Waals surface area contributed by atoms with Gasteiger partial charge in [0.15, 0.2) is 0 Å².